The summed E-state index contributed by atoms with van der Waals surface area (Å²) in [6.07, 6.45) is 7.46. The van der Waals surface area contributed by atoms with Crippen LogP contribution in [-0.2, 0) is 4.74 Å². The van der Waals surface area contributed by atoms with Crippen LogP contribution in [0.25, 0.3) is 0 Å². The second kappa shape index (κ2) is 7.62. The first-order valence-corrected chi connectivity index (χ1v) is 8.43. The first-order valence-electron chi connectivity index (χ1n) is 7.55. The third-order valence-corrected chi connectivity index (χ3v) is 4.63. The summed E-state index contributed by atoms with van der Waals surface area (Å²) < 4.78 is 5.18. The van der Waals surface area contributed by atoms with Gasteiger partial charge in [-0.15, -0.1) is 11.3 Å². The number of ether oxygens (including phenoxy) is 1. The minimum absolute atomic E-state index is 0.513. The van der Waals surface area contributed by atoms with Crippen molar-refractivity contribution in [2.45, 2.75) is 18.8 Å². The van der Waals surface area contributed by atoms with E-state index in [2.05, 4.69) is 25.6 Å². The number of likely N-dealkylation sites (tertiary alicyclic amines) is 1. The zero-order chi connectivity index (χ0) is 15.2. The Morgan fingerprint density at radius 1 is 1.45 bits per heavy atom. The molecule has 3 rings (SSSR count). The van der Waals surface area contributed by atoms with Crippen molar-refractivity contribution in [1.29, 1.82) is 0 Å². The third kappa shape index (κ3) is 4.00. The van der Waals surface area contributed by atoms with Crippen molar-refractivity contribution >= 4 is 22.3 Å². The highest BCUT2D eigenvalue weighted by Crippen LogP contribution is 2.30. The fourth-order valence-electron chi connectivity index (χ4n) is 2.72. The quantitative estimate of drug-likeness (QED) is 0.882. The highest BCUT2D eigenvalue weighted by atomic mass is 32.1. The molecule has 6 nitrogen and oxygen atoms in total. The molecular formula is C15H21N5OS. The lowest BCUT2D eigenvalue weighted by atomic mass is 9.95. The van der Waals surface area contributed by atoms with Crippen LogP contribution >= 0.6 is 11.3 Å². The minimum atomic E-state index is 0.513. The zero-order valence-corrected chi connectivity index (χ0v) is 13.6. The van der Waals surface area contributed by atoms with Gasteiger partial charge < -0.3 is 15.0 Å². The second-order valence-corrected chi connectivity index (χ2v) is 6.28. The maximum absolute atomic E-state index is 5.18. The summed E-state index contributed by atoms with van der Waals surface area (Å²) in [4.78, 5) is 15.5. The van der Waals surface area contributed by atoms with Crippen molar-refractivity contribution in [2.24, 2.45) is 0 Å². The molecule has 0 aromatic carbocycles. The van der Waals surface area contributed by atoms with Crippen molar-refractivity contribution in [2.75, 3.05) is 38.7 Å². The molecule has 0 bridgehead atoms. The SMILES string of the molecule is COCCN1CCC[C@H](c2csc(Nc3cnccn3)n2)C1. The number of methoxy groups -OCH3 is 1. The molecule has 2 aromatic rings. The van der Waals surface area contributed by atoms with Crippen LogP contribution in [-0.4, -0.2) is 53.2 Å². The summed E-state index contributed by atoms with van der Waals surface area (Å²) in [5, 5.41) is 6.24. The van der Waals surface area contributed by atoms with Crippen molar-refractivity contribution in [3.05, 3.63) is 29.7 Å². The summed E-state index contributed by atoms with van der Waals surface area (Å²) >= 11 is 1.62. The maximum atomic E-state index is 5.18. The van der Waals surface area contributed by atoms with E-state index in [0.29, 0.717) is 5.92 Å². The molecule has 2 aromatic heterocycles. The molecule has 0 unspecified atom stereocenters. The topological polar surface area (TPSA) is 63.2 Å². The molecule has 22 heavy (non-hydrogen) atoms. The highest BCUT2D eigenvalue weighted by molar-refractivity contribution is 7.13. The van der Waals surface area contributed by atoms with Crippen molar-refractivity contribution in [1.82, 2.24) is 19.9 Å². The molecule has 1 aliphatic rings. The van der Waals surface area contributed by atoms with Gasteiger partial charge in [-0.25, -0.2) is 9.97 Å². The van der Waals surface area contributed by atoms with E-state index in [9.17, 15) is 0 Å². The Bertz CT molecular complexity index is 576. The molecule has 0 aliphatic carbocycles. The summed E-state index contributed by atoms with van der Waals surface area (Å²) in [5.41, 5.74) is 1.18. The summed E-state index contributed by atoms with van der Waals surface area (Å²) in [7, 11) is 1.76. The number of hydrogen-bond donors (Lipinski definition) is 1. The molecule has 1 N–H and O–H groups in total. The summed E-state index contributed by atoms with van der Waals surface area (Å²) in [5.74, 6) is 1.24. The van der Waals surface area contributed by atoms with E-state index in [1.165, 1.54) is 18.5 Å². The predicted octanol–water partition coefficient (Wildman–Crippen LogP) is 2.50. The van der Waals surface area contributed by atoms with E-state index in [1.807, 2.05) is 0 Å². The average Bonchev–Trinajstić information content (AvgIpc) is 3.03. The molecule has 3 heterocycles. The van der Waals surface area contributed by atoms with Crippen molar-refractivity contribution in [3.8, 4) is 0 Å². The van der Waals surface area contributed by atoms with Crippen LogP contribution in [0.1, 0.15) is 24.5 Å². The monoisotopic (exact) mass is 319 g/mol. The standard InChI is InChI=1S/C15H21N5OS/c1-21-8-7-20-6-2-3-12(10-20)13-11-22-15(18-13)19-14-9-16-4-5-17-14/h4-5,9,11-12H,2-3,6-8,10H2,1H3,(H,17,18,19)/t12-/m0/s1. The molecular weight excluding hydrogens is 298 g/mol. The van der Waals surface area contributed by atoms with Crippen molar-refractivity contribution in [3.63, 3.8) is 0 Å². The molecule has 1 aliphatic heterocycles. The number of nitrogens with one attached hydrogen (secondary N) is 1. The minimum Gasteiger partial charge on any atom is -0.383 e. The zero-order valence-electron chi connectivity index (χ0n) is 12.7. The molecule has 0 spiro atoms. The van der Waals surface area contributed by atoms with Crippen LogP contribution in [0.3, 0.4) is 0 Å². The van der Waals surface area contributed by atoms with E-state index in [4.69, 9.17) is 9.72 Å². The van der Waals surface area contributed by atoms with Crippen LogP contribution < -0.4 is 5.32 Å². The Labute approximate surface area is 134 Å². The molecule has 1 atom stereocenters. The first-order chi connectivity index (χ1) is 10.8. The van der Waals surface area contributed by atoms with Gasteiger partial charge in [-0.1, -0.05) is 0 Å². The number of nitrogens with zero attached hydrogens (tertiary/aromatic N) is 4. The maximum Gasteiger partial charge on any atom is 0.188 e. The van der Waals surface area contributed by atoms with E-state index >= 15 is 0 Å². The Morgan fingerprint density at radius 2 is 2.41 bits per heavy atom. The lowest BCUT2D eigenvalue weighted by Gasteiger charge is -2.31. The third-order valence-electron chi connectivity index (χ3n) is 3.86. The van der Waals surface area contributed by atoms with Crippen LogP contribution in [0.4, 0.5) is 10.9 Å². The van der Waals surface area contributed by atoms with Gasteiger partial charge >= 0.3 is 0 Å². The van der Waals surface area contributed by atoms with Gasteiger partial charge in [0.2, 0.25) is 0 Å². The number of aromatic nitrogens is 3. The molecule has 118 valence electrons. The predicted molar refractivity (Wildman–Crippen MR) is 87.7 cm³/mol. The number of rotatable bonds is 6. The molecule has 0 amide bonds. The highest BCUT2D eigenvalue weighted by Gasteiger charge is 2.23. The van der Waals surface area contributed by atoms with E-state index in [-0.39, 0.29) is 0 Å². The largest absolute Gasteiger partial charge is 0.383 e. The van der Waals surface area contributed by atoms with Gasteiger partial charge in [0.1, 0.15) is 0 Å². The Hall–Kier alpha value is -1.57. The lowest BCUT2D eigenvalue weighted by molar-refractivity contribution is 0.128. The van der Waals surface area contributed by atoms with Crippen LogP contribution in [0.5, 0.6) is 0 Å². The smallest absolute Gasteiger partial charge is 0.188 e. The normalized spacial score (nSPS) is 19.2. The molecule has 0 radical (unpaired) electrons. The van der Waals surface area contributed by atoms with E-state index in [0.717, 1.165) is 37.2 Å². The molecule has 0 saturated carbocycles. The van der Waals surface area contributed by atoms with Gasteiger partial charge in [0.05, 0.1) is 18.5 Å². The molecule has 1 saturated heterocycles. The fraction of sp³-hybridized carbons (Fsp3) is 0.533. The second-order valence-electron chi connectivity index (χ2n) is 5.43. The molecule has 1 fully saturated rings. The summed E-state index contributed by atoms with van der Waals surface area (Å²) in [6, 6.07) is 0. The first kappa shape index (κ1) is 15.3. The van der Waals surface area contributed by atoms with Gasteiger partial charge in [0, 0.05) is 43.9 Å². The Kier molecular flexibility index (Phi) is 5.31. The van der Waals surface area contributed by atoms with E-state index in [1.54, 1.807) is 37.0 Å². The van der Waals surface area contributed by atoms with Gasteiger partial charge in [0.15, 0.2) is 10.9 Å². The van der Waals surface area contributed by atoms with Crippen molar-refractivity contribution < 1.29 is 4.74 Å². The Balaban J connectivity index is 1.60. The fourth-order valence-corrected chi connectivity index (χ4v) is 3.52. The average molecular weight is 319 g/mol. The molecule has 7 heteroatoms. The van der Waals surface area contributed by atoms with Gasteiger partial charge in [0.25, 0.3) is 0 Å². The van der Waals surface area contributed by atoms with Crippen LogP contribution in [0.2, 0.25) is 0 Å². The number of thiazole rings is 1. The Morgan fingerprint density at radius 3 is 3.23 bits per heavy atom. The number of piperidine rings is 1. The summed E-state index contributed by atoms with van der Waals surface area (Å²) in [6.45, 7) is 4.03. The van der Waals surface area contributed by atoms with Gasteiger partial charge in [-0.05, 0) is 19.4 Å². The van der Waals surface area contributed by atoms with E-state index < -0.39 is 0 Å². The van der Waals surface area contributed by atoms with Crippen LogP contribution in [0.15, 0.2) is 24.0 Å². The van der Waals surface area contributed by atoms with Gasteiger partial charge in [-0.3, -0.25) is 4.98 Å². The van der Waals surface area contributed by atoms with Gasteiger partial charge in [-0.2, -0.15) is 0 Å². The number of hydrogen-bond acceptors (Lipinski definition) is 7. The number of anilines is 2. The lowest BCUT2D eigenvalue weighted by Crippen LogP contribution is -2.36. The van der Waals surface area contributed by atoms with Crippen LogP contribution in [0, 0.1) is 0 Å².